The van der Waals surface area contributed by atoms with Crippen molar-refractivity contribution in [1.29, 1.82) is 0 Å². The summed E-state index contributed by atoms with van der Waals surface area (Å²) in [5.41, 5.74) is 2.52. The summed E-state index contributed by atoms with van der Waals surface area (Å²) in [6.45, 7) is 4.43. The zero-order valence-corrected chi connectivity index (χ0v) is 16.7. The lowest BCUT2D eigenvalue weighted by molar-refractivity contribution is 0.0465. The lowest BCUT2D eigenvalue weighted by atomic mass is 10.1. The molecule has 0 atom stereocenters. The molecule has 0 saturated carbocycles. The number of hydrogen-bond donors (Lipinski definition) is 0. The minimum atomic E-state index is -0.698. The van der Waals surface area contributed by atoms with E-state index in [-0.39, 0.29) is 11.5 Å². The summed E-state index contributed by atoms with van der Waals surface area (Å²) in [5, 5.41) is 0. The number of halogens is 1. The van der Waals surface area contributed by atoms with Gasteiger partial charge in [0.15, 0.2) is 12.4 Å². The minimum absolute atomic E-state index is 0.170. The molecule has 150 valence electrons. The molecule has 0 aliphatic rings. The van der Waals surface area contributed by atoms with Crippen LogP contribution in [0.3, 0.4) is 0 Å². The summed E-state index contributed by atoms with van der Waals surface area (Å²) >= 11 is 0. The number of carbonyl (C=O) groups excluding carboxylic acids is 3. The molecule has 0 unspecified atom stereocenters. The molecule has 7 heteroatoms. The number of rotatable bonds is 6. The van der Waals surface area contributed by atoms with E-state index >= 15 is 0 Å². The van der Waals surface area contributed by atoms with Crippen molar-refractivity contribution in [3.05, 3.63) is 76.6 Å². The number of para-hydroxylation sites is 1. The third-order valence-electron chi connectivity index (χ3n) is 4.78. The molecule has 0 fully saturated rings. The number of ketones is 2. The third kappa shape index (κ3) is 3.89. The molecule has 0 aliphatic carbocycles. The zero-order chi connectivity index (χ0) is 21.3. The fourth-order valence-electron chi connectivity index (χ4n) is 3.29. The summed E-state index contributed by atoms with van der Waals surface area (Å²) in [4.78, 5) is 36.4. The van der Waals surface area contributed by atoms with Crippen LogP contribution in [-0.4, -0.2) is 33.3 Å². The van der Waals surface area contributed by atoms with Crippen LogP contribution in [0.4, 0.5) is 4.39 Å². The quantitative estimate of drug-likeness (QED) is 0.469. The number of nitrogens with zero attached hydrogens (tertiary/aromatic N) is 2. The maximum atomic E-state index is 14.2. The van der Waals surface area contributed by atoms with Gasteiger partial charge in [-0.3, -0.25) is 9.59 Å². The first kappa shape index (κ1) is 20.3. The van der Waals surface area contributed by atoms with E-state index in [1.54, 1.807) is 49.7 Å². The van der Waals surface area contributed by atoms with Crippen molar-refractivity contribution in [3.8, 4) is 5.69 Å². The van der Waals surface area contributed by atoms with Crippen molar-refractivity contribution in [1.82, 2.24) is 9.13 Å². The average molecular weight is 396 g/mol. The largest absolute Gasteiger partial charge is 0.453 e. The van der Waals surface area contributed by atoms with Gasteiger partial charge >= 0.3 is 5.97 Å². The third-order valence-corrected chi connectivity index (χ3v) is 4.78. The van der Waals surface area contributed by atoms with Crippen molar-refractivity contribution >= 4 is 17.5 Å². The molecule has 6 nitrogen and oxygen atoms in total. The van der Waals surface area contributed by atoms with Gasteiger partial charge in [-0.25, -0.2) is 9.18 Å². The number of aryl methyl sites for hydroxylation is 2. The number of ether oxygens (including phenoxy) is 1. The fourth-order valence-corrected chi connectivity index (χ4v) is 3.29. The molecule has 1 aromatic carbocycles. The molecule has 0 bridgehead atoms. The molecule has 2 aromatic heterocycles. The molecule has 0 saturated heterocycles. The summed E-state index contributed by atoms with van der Waals surface area (Å²) in [7, 11) is 1.62. The molecule has 0 aliphatic heterocycles. The van der Waals surface area contributed by atoms with Gasteiger partial charge in [0.1, 0.15) is 11.5 Å². The van der Waals surface area contributed by atoms with Gasteiger partial charge in [0.2, 0.25) is 5.78 Å². The summed E-state index contributed by atoms with van der Waals surface area (Å²) in [6.07, 6.45) is 1.53. The van der Waals surface area contributed by atoms with Crippen LogP contribution in [0.5, 0.6) is 0 Å². The summed E-state index contributed by atoms with van der Waals surface area (Å²) in [5.74, 6) is -1.66. The first-order valence-electron chi connectivity index (χ1n) is 9.02. The van der Waals surface area contributed by atoms with Crippen LogP contribution in [0.15, 0.2) is 42.6 Å². The first-order chi connectivity index (χ1) is 13.7. The number of aromatic nitrogens is 2. The maximum Gasteiger partial charge on any atom is 0.355 e. The van der Waals surface area contributed by atoms with E-state index in [1.807, 2.05) is 0 Å². The van der Waals surface area contributed by atoms with Crippen molar-refractivity contribution in [3.63, 3.8) is 0 Å². The van der Waals surface area contributed by atoms with E-state index in [1.165, 1.54) is 29.8 Å². The predicted octanol–water partition coefficient (Wildman–Crippen LogP) is 3.81. The molecule has 3 aromatic rings. The molecule has 3 rings (SSSR count). The number of benzene rings is 1. The first-order valence-corrected chi connectivity index (χ1v) is 9.02. The Bertz CT molecular complexity index is 1120. The second-order valence-electron chi connectivity index (χ2n) is 6.85. The van der Waals surface area contributed by atoms with Crippen LogP contribution in [0.2, 0.25) is 0 Å². The van der Waals surface area contributed by atoms with Crippen molar-refractivity contribution in [2.75, 3.05) is 6.61 Å². The highest BCUT2D eigenvalue weighted by Crippen LogP contribution is 2.23. The SMILES string of the molecule is CC(=O)c1cc(C(=O)OCC(=O)c2cc(C)n(-c3ccccc3F)c2C)n(C)c1. The van der Waals surface area contributed by atoms with E-state index < -0.39 is 24.2 Å². The van der Waals surface area contributed by atoms with Crippen LogP contribution >= 0.6 is 0 Å². The van der Waals surface area contributed by atoms with E-state index in [2.05, 4.69) is 0 Å². The number of hydrogen-bond acceptors (Lipinski definition) is 4. The molecule has 0 N–H and O–H groups in total. The fraction of sp³-hybridized carbons (Fsp3) is 0.227. The van der Waals surface area contributed by atoms with Gasteiger partial charge in [-0.2, -0.15) is 0 Å². The Morgan fingerprint density at radius 3 is 2.41 bits per heavy atom. The normalized spacial score (nSPS) is 10.8. The molecule has 0 amide bonds. The molecule has 0 radical (unpaired) electrons. The van der Waals surface area contributed by atoms with Crippen LogP contribution in [-0.2, 0) is 11.8 Å². The highest BCUT2D eigenvalue weighted by Gasteiger charge is 2.21. The Morgan fingerprint density at radius 1 is 1.10 bits per heavy atom. The Morgan fingerprint density at radius 2 is 1.79 bits per heavy atom. The molecule has 0 spiro atoms. The molecular formula is C22H21FN2O4. The average Bonchev–Trinajstić information content (AvgIpc) is 3.20. The van der Waals surface area contributed by atoms with E-state index in [4.69, 9.17) is 4.74 Å². The van der Waals surface area contributed by atoms with Gasteiger partial charge in [0, 0.05) is 35.8 Å². The van der Waals surface area contributed by atoms with E-state index in [0.717, 1.165) is 0 Å². The smallest absolute Gasteiger partial charge is 0.355 e. The second kappa shape index (κ2) is 7.87. The van der Waals surface area contributed by atoms with Gasteiger partial charge < -0.3 is 13.9 Å². The maximum absolute atomic E-state index is 14.2. The molecule has 2 heterocycles. The van der Waals surface area contributed by atoms with E-state index in [0.29, 0.717) is 28.2 Å². The van der Waals surface area contributed by atoms with Crippen LogP contribution in [0, 0.1) is 19.7 Å². The van der Waals surface area contributed by atoms with E-state index in [9.17, 15) is 18.8 Å². The highest BCUT2D eigenvalue weighted by molar-refractivity contribution is 6.01. The Kier molecular flexibility index (Phi) is 5.50. The lowest BCUT2D eigenvalue weighted by Gasteiger charge is -2.11. The minimum Gasteiger partial charge on any atom is -0.453 e. The predicted molar refractivity (Wildman–Crippen MR) is 105 cm³/mol. The second-order valence-corrected chi connectivity index (χ2v) is 6.85. The monoisotopic (exact) mass is 396 g/mol. The van der Waals surface area contributed by atoms with Gasteiger partial charge in [-0.05, 0) is 45.0 Å². The number of esters is 1. The van der Waals surface area contributed by atoms with Gasteiger partial charge in [0.05, 0.1) is 5.69 Å². The Labute approximate surface area is 167 Å². The number of Topliss-reactive ketones (excluding diaryl/α,β-unsaturated/α-hetero) is 2. The van der Waals surface area contributed by atoms with Crippen molar-refractivity contribution < 1.29 is 23.5 Å². The Hall–Kier alpha value is -3.48. The lowest BCUT2D eigenvalue weighted by Crippen LogP contribution is -2.16. The van der Waals surface area contributed by atoms with Crippen molar-refractivity contribution in [2.45, 2.75) is 20.8 Å². The molecule has 29 heavy (non-hydrogen) atoms. The number of carbonyl (C=O) groups is 3. The summed E-state index contributed by atoms with van der Waals surface area (Å²) < 4.78 is 22.5. The Balaban J connectivity index is 1.78. The topological polar surface area (TPSA) is 70.3 Å². The van der Waals surface area contributed by atoms with Gasteiger partial charge in [-0.1, -0.05) is 12.1 Å². The summed E-state index contributed by atoms with van der Waals surface area (Å²) in [6, 6.07) is 9.38. The molecular weight excluding hydrogens is 375 g/mol. The van der Waals surface area contributed by atoms with Crippen LogP contribution < -0.4 is 0 Å². The van der Waals surface area contributed by atoms with Crippen LogP contribution in [0.1, 0.15) is 49.5 Å². The standard InChI is InChI=1S/C22H21FN2O4/c1-13-9-17(14(2)25(13)19-8-6-5-7-18(19)23)21(27)12-29-22(28)20-10-16(15(3)26)11-24(20)4/h5-11H,12H2,1-4H3. The highest BCUT2D eigenvalue weighted by atomic mass is 19.1. The van der Waals surface area contributed by atoms with Gasteiger partial charge in [-0.15, -0.1) is 0 Å². The van der Waals surface area contributed by atoms with Crippen LogP contribution in [0.25, 0.3) is 5.69 Å². The zero-order valence-electron chi connectivity index (χ0n) is 16.7. The van der Waals surface area contributed by atoms with Gasteiger partial charge in [0.25, 0.3) is 0 Å². The van der Waals surface area contributed by atoms with Crippen molar-refractivity contribution in [2.24, 2.45) is 7.05 Å².